The summed E-state index contributed by atoms with van der Waals surface area (Å²) in [7, 11) is 0. The first-order valence-electron chi connectivity index (χ1n) is 8.68. The zero-order chi connectivity index (χ0) is 17.2. The molecular formula is C18H29ClN2O4. The summed E-state index contributed by atoms with van der Waals surface area (Å²) in [5.74, 6) is 1.49. The van der Waals surface area contributed by atoms with Crippen LogP contribution in [0.15, 0.2) is 24.3 Å². The van der Waals surface area contributed by atoms with Crippen molar-refractivity contribution in [3.05, 3.63) is 24.3 Å². The second kappa shape index (κ2) is 12.0. The van der Waals surface area contributed by atoms with Gasteiger partial charge >= 0.3 is 0 Å². The molecule has 1 aromatic carbocycles. The van der Waals surface area contributed by atoms with E-state index in [0.717, 1.165) is 38.1 Å². The number of nitrogens with zero attached hydrogens (tertiary/aromatic N) is 1. The number of halogens is 1. The number of amides is 1. The molecule has 2 rings (SSSR count). The summed E-state index contributed by atoms with van der Waals surface area (Å²) < 4.78 is 16.7. The molecule has 6 nitrogen and oxygen atoms in total. The van der Waals surface area contributed by atoms with E-state index in [-0.39, 0.29) is 31.0 Å². The zero-order valence-corrected chi connectivity index (χ0v) is 15.6. The Bertz CT molecular complexity index is 490. The maximum Gasteiger partial charge on any atom is 0.260 e. The minimum atomic E-state index is 0. The molecule has 1 aliphatic rings. The maximum absolute atomic E-state index is 12.2. The van der Waals surface area contributed by atoms with Crippen molar-refractivity contribution in [2.45, 2.75) is 32.3 Å². The number of nitrogens with two attached hydrogens (primary N) is 1. The average Bonchev–Trinajstić information content (AvgIpc) is 2.62. The van der Waals surface area contributed by atoms with Gasteiger partial charge in [-0.05, 0) is 57.0 Å². The van der Waals surface area contributed by atoms with Crippen LogP contribution in [0, 0.1) is 0 Å². The van der Waals surface area contributed by atoms with Gasteiger partial charge in [0, 0.05) is 19.7 Å². The fourth-order valence-corrected chi connectivity index (χ4v) is 2.64. The number of carbonyl (C=O) groups is 1. The van der Waals surface area contributed by atoms with Crippen LogP contribution in [0.25, 0.3) is 0 Å². The topological polar surface area (TPSA) is 74.0 Å². The smallest absolute Gasteiger partial charge is 0.260 e. The molecule has 1 heterocycles. The van der Waals surface area contributed by atoms with E-state index in [0.29, 0.717) is 25.5 Å². The van der Waals surface area contributed by atoms with Gasteiger partial charge in [-0.1, -0.05) is 0 Å². The number of rotatable bonds is 9. The quantitative estimate of drug-likeness (QED) is 0.673. The molecule has 2 N–H and O–H groups in total. The molecule has 0 unspecified atom stereocenters. The van der Waals surface area contributed by atoms with Crippen LogP contribution in [-0.4, -0.2) is 56.4 Å². The van der Waals surface area contributed by atoms with Gasteiger partial charge in [0.15, 0.2) is 6.61 Å². The first kappa shape index (κ1) is 21.5. The highest BCUT2D eigenvalue weighted by atomic mass is 35.5. The van der Waals surface area contributed by atoms with Gasteiger partial charge in [0.2, 0.25) is 0 Å². The van der Waals surface area contributed by atoms with Gasteiger partial charge < -0.3 is 24.8 Å². The molecule has 1 aromatic rings. The molecule has 7 heteroatoms. The molecule has 0 aromatic heterocycles. The van der Waals surface area contributed by atoms with Crippen LogP contribution in [-0.2, 0) is 9.53 Å². The molecule has 1 aliphatic heterocycles. The molecule has 0 radical (unpaired) electrons. The van der Waals surface area contributed by atoms with Crippen LogP contribution in [0.3, 0.4) is 0 Å². The summed E-state index contributed by atoms with van der Waals surface area (Å²) in [5.41, 5.74) is 5.46. The zero-order valence-electron chi connectivity index (χ0n) is 14.8. The Balaban J connectivity index is 0.00000312. The summed E-state index contributed by atoms with van der Waals surface area (Å²) in [6.45, 7) is 5.43. The average molecular weight is 373 g/mol. The first-order chi connectivity index (χ1) is 11.7. The first-order valence-corrected chi connectivity index (χ1v) is 8.68. The number of hydrogen-bond donors (Lipinski definition) is 1. The van der Waals surface area contributed by atoms with Crippen LogP contribution < -0.4 is 15.2 Å². The standard InChI is InChI=1S/C18H28N2O4.ClH/c1-2-22-15-4-6-16(7-5-15)24-14-18(21)20-11-8-17(9-12-20)23-13-3-10-19;/h4-7,17H,2-3,8-14,19H2,1H3;1H. The third kappa shape index (κ3) is 7.50. The third-order valence-corrected chi connectivity index (χ3v) is 3.99. The molecule has 0 aliphatic carbocycles. The minimum Gasteiger partial charge on any atom is -0.494 e. The van der Waals surface area contributed by atoms with E-state index in [2.05, 4.69) is 0 Å². The summed E-state index contributed by atoms with van der Waals surface area (Å²) in [5, 5.41) is 0. The Kier molecular flexibility index (Phi) is 10.3. The predicted molar refractivity (Wildman–Crippen MR) is 99.6 cm³/mol. The van der Waals surface area contributed by atoms with Crippen LogP contribution in [0.1, 0.15) is 26.2 Å². The van der Waals surface area contributed by atoms with Gasteiger partial charge in [-0.25, -0.2) is 0 Å². The maximum atomic E-state index is 12.2. The van der Waals surface area contributed by atoms with Gasteiger partial charge in [0.1, 0.15) is 11.5 Å². The lowest BCUT2D eigenvalue weighted by Crippen LogP contribution is -2.43. The lowest BCUT2D eigenvalue weighted by molar-refractivity contribution is -0.136. The third-order valence-electron chi connectivity index (χ3n) is 3.99. The summed E-state index contributed by atoms with van der Waals surface area (Å²) in [6, 6.07) is 7.31. The van der Waals surface area contributed by atoms with Crippen LogP contribution in [0.5, 0.6) is 11.5 Å². The molecular weight excluding hydrogens is 344 g/mol. The Labute approximate surface area is 156 Å². The van der Waals surface area contributed by atoms with Crippen molar-refractivity contribution < 1.29 is 19.0 Å². The number of likely N-dealkylation sites (tertiary alicyclic amines) is 1. The van der Waals surface area contributed by atoms with E-state index >= 15 is 0 Å². The van der Waals surface area contributed by atoms with E-state index < -0.39 is 0 Å². The number of piperidine rings is 1. The fourth-order valence-electron chi connectivity index (χ4n) is 2.64. The molecule has 1 amide bonds. The van der Waals surface area contributed by atoms with E-state index in [1.807, 2.05) is 36.1 Å². The number of carbonyl (C=O) groups excluding carboxylic acids is 1. The van der Waals surface area contributed by atoms with Crippen molar-refractivity contribution in [2.24, 2.45) is 5.73 Å². The van der Waals surface area contributed by atoms with Crippen LogP contribution in [0.4, 0.5) is 0 Å². The Morgan fingerprint density at radius 3 is 2.32 bits per heavy atom. The monoisotopic (exact) mass is 372 g/mol. The number of hydrogen-bond acceptors (Lipinski definition) is 5. The number of benzene rings is 1. The van der Waals surface area contributed by atoms with Gasteiger partial charge in [-0.15, -0.1) is 12.4 Å². The molecule has 0 saturated carbocycles. The summed E-state index contributed by atoms with van der Waals surface area (Å²) in [6.07, 6.45) is 2.88. The van der Waals surface area contributed by atoms with E-state index in [9.17, 15) is 4.79 Å². The Morgan fingerprint density at radius 2 is 1.76 bits per heavy atom. The highest BCUT2D eigenvalue weighted by molar-refractivity contribution is 5.85. The van der Waals surface area contributed by atoms with Crippen molar-refractivity contribution in [1.82, 2.24) is 4.90 Å². The van der Waals surface area contributed by atoms with Crippen molar-refractivity contribution in [3.63, 3.8) is 0 Å². The lowest BCUT2D eigenvalue weighted by atomic mass is 10.1. The van der Waals surface area contributed by atoms with Crippen molar-refractivity contribution in [3.8, 4) is 11.5 Å². The molecule has 25 heavy (non-hydrogen) atoms. The minimum absolute atomic E-state index is 0. The lowest BCUT2D eigenvalue weighted by Gasteiger charge is -2.31. The van der Waals surface area contributed by atoms with E-state index in [1.54, 1.807) is 0 Å². The Hall–Kier alpha value is -1.50. The largest absolute Gasteiger partial charge is 0.494 e. The van der Waals surface area contributed by atoms with Gasteiger partial charge in [-0.3, -0.25) is 4.79 Å². The van der Waals surface area contributed by atoms with Crippen LogP contribution in [0.2, 0.25) is 0 Å². The van der Waals surface area contributed by atoms with Gasteiger partial charge in [-0.2, -0.15) is 0 Å². The second-order valence-electron chi connectivity index (χ2n) is 5.79. The molecule has 142 valence electrons. The van der Waals surface area contributed by atoms with Gasteiger partial charge in [0.05, 0.1) is 12.7 Å². The van der Waals surface area contributed by atoms with E-state index in [4.69, 9.17) is 19.9 Å². The SMILES string of the molecule is CCOc1ccc(OCC(=O)N2CCC(OCCCN)CC2)cc1.Cl. The molecule has 1 saturated heterocycles. The van der Waals surface area contributed by atoms with Crippen molar-refractivity contribution in [1.29, 1.82) is 0 Å². The van der Waals surface area contributed by atoms with Crippen LogP contribution >= 0.6 is 12.4 Å². The molecule has 0 atom stereocenters. The van der Waals surface area contributed by atoms with E-state index in [1.165, 1.54) is 0 Å². The van der Waals surface area contributed by atoms with Gasteiger partial charge in [0.25, 0.3) is 5.91 Å². The summed E-state index contributed by atoms with van der Waals surface area (Å²) in [4.78, 5) is 14.1. The normalized spacial score (nSPS) is 14.7. The summed E-state index contributed by atoms with van der Waals surface area (Å²) >= 11 is 0. The highest BCUT2D eigenvalue weighted by Gasteiger charge is 2.23. The Morgan fingerprint density at radius 1 is 1.16 bits per heavy atom. The highest BCUT2D eigenvalue weighted by Crippen LogP contribution is 2.18. The fraction of sp³-hybridized carbons (Fsp3) is 0.611. The van der Waals surface area contributed by atoms with Crippen molar-refractivity contribution in [2.75, 3.05) is 39.5 Å². The predicted octanol–water partition coefficient (Wildman–Crippen LogP) is 2.24. The molecule has 0 spiro atoms. The molecule has 1 fully saturated rings. The van der Waals surface area contributed by atoms with Crippen molar-refractivity contribution >= 4 is 18.3 Å². The molecule has 0 bridgehead atoms. The second-order valence-corrected chi connectivity index (χ2v) is 5.79. The number of ether oxygens (including phenoxy) is 3.